The number of pyridine rings is 1. The fourth-order valence-corrected chi connectivity index (χ4v) is 3.48. The maximum absolute atomic E-state index is 12.5. The third-order valence-corrected chi connectivity index (χ3v) is 4.73. The Balaban J connectivity index is 1.48. The van der Waals surface area contributed by atoms with Crippen LogP contribution in [0.5, 0.6) is 0 Å². The molecule has 2 aromatic heterocycles. The van der Waals surface area contributed by atoms with Gasteiger partial charge in [-0.15, -0.1) is 0 Å². The molecule has 1 fully saturated rings. The number of amides is 1. The quantitative estimate of drug-likeness (QED) is 0.786. The number of carbonyl (C=O) groups excluding carboxylic acids is 1. The van der Waals surface area contributed by atoms with Crippen molar-refractivity contribution in [2.45, 2.75) is 18.8 Å². The maximum Gasteiger partial charge on any atom is 0.272 e. The number of H-pyrrole nitrogens is 1. The highest BCUT2D eigenvalue weighted by molar-refractivity contribution is 5.92. The lowest BCUT2D eigenvalue weighted by Crippen LogP contribution is -2.38. The van der Waals surface area contributed by atoms with E-state index in [-0.39, 0.29) is 5.91 Å². The van der Waals surface area contributed by atoms with Gasteiger partial charge in [0.2, 0.25) is 0 Å². The first-order chi connectivity index (χ1) is 11.3. The van der Waals surface area contributed by atoms with E-state index in [2.05, 4.69) is 40.4 Å². The zero-order valence-electron chi connectivity index (χ0n) is 12.9. The van der Waals surface area contributed by atoms with Crippen molar-refractivity contribution in [3.63, 3.8) is 0 Å². The Kier molecular flexibility index (Phi) is 3.58. The van der Waals surface area contributed by atoms with Gasteiger partial charge < -0.3 is 9.88 Å². The van der Waals surface area contributed by atoms with Crippen LogP contribution in [0.4, 0.5) is 0 Å². The monoisotopic (exact) mass is 305 g/mol. The third kappa shape index (κ3) is 2.61. The van der Waals surface area contributed by atoms with E-state index in [1.807, 2.05) is 17.0 Å². The summed E-state index contributed by atoms with van der Waals surface area (Å²) >= 11 is 0. The molecule has 0 radical (unpaired) electrons. The molecule has 0 spiro atoms. The fourth-order valence-electron chi connectivity index (χ4n) is 3.48. The Labute approximate surface area is 135 Å². The first kappa shape index (κ1) is 14.0. The summed E-state index contributed by atoms with van der Waals surface area (Å²) in [7, 11) is 0. The third-order valence-electron chi connectivity index (χ3n) is 4.73. The second-order valence-electron chi connectivity index (χ2n) is 6.07. The Hall–Kier alpha value is -2.62. The molecule has 0 unspecified atom stereocenters. The van der Waals surface area contributed by atoms with Crippen molar-refractivity contribution < 1.29 is 4.79 Å². The highest BCUT2D eigenvalue weighted by atomic mass is 16.2. The van der Waals surface area contributed by atoms with Crippen molar-refractivity contribution in [2.24, 2.45) is 0 Å². The number of hydrogen-bond donors (Lipinski definition) is 1. The number of carbonyl (C=O) groups is 1. The van der Waals surface area contributed by atoms with Crippen LogP contribution < -0.4 is 0 Å². The minimum atomic E-state index is 0.0444. The summed E-state index contributed by atoms with van der Waals surface area (Å²) in [6.45, 7) is 1.58. The van der Waals surface area contributed by atoms with Gasteiger partial charge in [-0.1, -0.05) is 24.3 Å². The first-order valence-corrected chi connectivity index (χ1v) is 8.09. The zero-order valence-corrected chi connectivity index (χ0v) is 12.9. The molecule has 0 atom stereocenters. The molecule has 1 aromatic carbocycles. The largest absolute Gasteiger partial charge is 0.361 e. The van der Waals surface area contributed by atoms with Crippen molar-refractivity contribution in [2.75, 3.05) is 13.1 Å². The van der Waals surface area contributed by atoms with Gasteiger partial charge in [0.05, 0.1) is 0 Å². The molecule has 0 bridgehead atoms. The van der Waals surface area contributed by atoms with Gasteiger partial charge in [0.15, 0.2) is 0 Å². The smallest absolute Gasteiger partial charge is 0.272 e. The number of nitrogens with one attached hydrogen (secondary N) is 1. The first-order valence-electron chi connectivity index (χ1n) is 8.09. The lowest BCUT2D eigenvalue weighted by molar-refractivity contribution is 0.0707. The Bertz CT molecular complexity index is 817. The SMILES string of the molecule is O=C(c1ccccn1)N1CCC(c2c[nH]c3ccccc23)CC1. The number of benzene rings is 1. The van der Waals surface area contributed by atoms with E-state index < -0.39 is 0 Å². The van der Waals surface area contributed by atoms with Crippen molar-refractivity contribution in [1.29, 1.82) is 0 Å². The molecule has 0 aliphatic carbocycles. The highest BCUT2D eigenvalue weighted by Gasteiger charge is 2.26. The van der Waals surface area contributed by atoms with E-state index in [9.17, 15) is 4.79 Å². The number of likely N-dealkylation sites (tertiary alicyclic amines) is 1. The van der Waals surface area contributed by atoms with Crippen LogP contribution in [-0.4, -0.2) is 33.9 Å². The minimum Gasteiger partial charge on any atom is -0.361 e. The summed E-state index contributed by atoms with van der Waals surface area (Å²) < 4.78 is 0. The predicted molar refractivity (Wildman–Crippen MR) is 90.4 cm³/mol. The molecule has 3 aromatic rings. The van der Waals surface area contributed by atoms with E-state index in [4.69, 9.17) is 0 Å². The van der Waals surface area contributed by atoms with Crippen LogP contribution in [0.3, 0.4) is 0 Å². The van der Waals surface area contributed by atoms with Crippen LogP contribution in [0.15, 0.2) is 54.9 Å². The number of aromatic nitrogens is 2. The molecule has 4 rings (SSSR count). The van der Waals surface area contributed by atoms with Gasteiger partial charge in [0, 0.05) is 36.4 Å². The van der Waals surface area contributed by atoms with E-state index >= 15 is 0 Å². The Morgan fingerprint density at radius 2 is 1.87 bits per heavy atom. The maximum atomic E-state index is 12.5. The molecule has 4 nitrogen and oxygen atoms in total. The second kappa shape index (κ2) is 5.88. The summed E-state index contributed by atoms with van der Waals surface area (Å²) in [6, 6.07) is 13.9. The zero-order chi connectivity index (χ0) is 15.6. The molecular weight excluding hydrogens is 286 g/mol. The molecule has 23 heavy (non-hydrogen) atoms. The van der Waals surface area contributed by atoms with Crippen molar-refractivity contribution in [3.05, 3.63) is 66.1 Å². The van der Waals surface area contributed by atoms with Crippen molar-refractivity contribution in [1.82, 2.24) is 14.9 Å². The Morgan fingerprint density at radius 3 is 2.65 bits per heavy atom. The summed E-state index contributed by atoms with van der Waals surface area (Å²) in [6.07, 6.45) is 5.80. The van der Waals surface area contributed by atoms with E-state index in [0.717, 1.165) is 25.9 Å². The molecular formula is C19H19N3O. The molecule has 1 amide bonds. The topological polar surface area (TPSA) is 49.0 Å². The average Bonchev–Trinajstić information content (AvgIpc) is 3.06. The van der Waals surface area contributed by atoms with Crippen molar-refractivity contribution in [3.8, 4) is 0 Å². The van der Waals surface area contributed by atoms with E-state index in [1.54, 1.807) is 12.3 Å². The molecule has 4 heteroatoms. The molecule has 1 saturated heterocycles. The fraction of sp³-hybridized carbons (Fsp3) is 0.263. The van der Waals surface area contributed by atoms with Gasteiger partial charge in [-0.3, -0.25) is 9.78 Å². The normalized spacial score (nSPS) is 15.9. The number of para-hydroxylation sites is 1. The number of piperidine rings is 1. The summed E-state index contributed by atoms with van der Waals surface area (Å²) in [5.41, 5.74) is 3.11. The standard InChI is InChI=1S/C19H19N3O/c23-19(18-7-3-4-10-20-18)22-11-8-14(9-12-22)16-13-21-17-6-2-1-5-15(16)17/h1-7,10,13-14,21H,8-9,11-12H2. The molecule has 1 aliphatic rings. The van der Waals surface area contributed by atoms with Crippen LogP contribution in [0.1, 0.15) is 34.8 Å². The molecule has 0 saturated carbocycles. The second-order valence-corrected chi connectivity index (χ2v) is 6.07. The van der Waals surface area contributed by atoms with Gasteiger partial charge in [0.25, 0.3) is 5.91 Å². The minimum absolute atomic E-state index is 0.0444. The summed E-state index contributed by atoms with van der Waals surface area (Å²) in [5.74, 6) is 0.557. The van der Waals surface area contributed by atoms with Crippen LogP contribution in [0, 0.1) is 0 Å². The molecule has 1 aliphatic heterocycles. The predicted octanol–water partition coefficient (Wildman–Crippen LogP) is 3.58. The van der Waals surface area contributed by atoms with Crippen LogP contribution in [-0.2, 0) is 0 Å². The van der Waals surface area contributed by atoms with Gasteiger partial charge >= 0.3 is 0 Å². The summed E-state index contributed by atoms with van der Waals surface area (Å²) in [5, 5.41) is 1.31. The average molecular weight is 305 g/mol. The van der Waals surface area contributed by atoms with E-state index in [1.165, 1.54) is 16.5 Å². The van der Waals surface area contributed by atoms with Crippen LogP contribution in [0.2, 0.25) is 0 Å². The van der Waals surface area contributed by atoms with Gasteiger partial charge in [-0.05, 0) is 42.5 Å². The van der Waals surface area contributed by atoms with Crippen molar-refractivity contribution >= 4 is 16.8 Å². The summed E-state index contributed by atoms with van der Waals surface area (Å²) in [4.78, 5) is 21.9. The van der Waals surface area contributed by atoms with Gasteiger partial charge in [0.1, 0.15) is 5.69 Å². The van der Waals surface area contributed by atoms with Gasteiger partial charge in [-0.2, -0.15) is 0 Å². The molecule has 3 heterocycles. The van der Waals surface area contributed by atoms with Gasteiger partial charge in [-0.25, -0.2) is 0 Å². The van der Waals surface area contributed by atoms with Crippen LogP contribution >= 0.6 is 0 Å². The van der Waals surface area contributed by atoms with Crippen LogP contribution in [0.25, 0.3) is 10.9 Å². The number of rotatable bonds is 2. The number of aromatic amines is 1. The Morgan fingerprint density at radius 1 is 1.09 bits per heavy atom. The van der Waals surface area contributed by atoms with E-state index in [0.29, 0.717) is 11.6 Å². The highest BCUT2D eigenvalue weighted by Crippen LogP contribution is 2.33. The lowest BCUT2D eigenvalue weighted by Gasteiger charge is -2.31. The lowest BCUT2D eigenvalue weighted by atomic mass is 9.89. The molecule has 116 valence electrons. The number of nitrogens with zero attached hydrogens (tertiary/aromatic N) is 2. The number of fused-ring (bicyclic) bond motifs is 1. The number of hydrogen-bond acceptors (Lipinski definition) is 2. The molecule has 1 N–H and O–H groups in total.